The molecule has 1 fully saturated rings. The zero-order valence-corrected chi connectivity index (χ0v) is 18.0. The van der Waals surface area contributed by atoms with Gasteiger partial charge < -0.3 is 14.8 Å². The van der Waals surface area contributed by atoms with E-state index in [2.05, 4.69) is 25.3 Å². The molecule has 3 aromatic rings. The summed E-state index contributed by atoms with van der Waals surface area (Å²) in [5.74, 6) is -2.03. The van der Waals surface area contributed by atoms with Gasteiger partial charge in [-0.3, -0.25) is 9.78 Å². The molecule has 172 valence electrons. The summed E-state index contributed by atoms with van der Waals surface area (Å²) in [6.45, 7) is 2.33. The predicted molar refractivity (Wildman–Crippen MR) is 115 cm³/mol. The Morgan fingerprint density at radius 2 is 2.00 bits per heavy atom. The lowest BCUT2D eigenvalue weighted by molar-refractivity contribution is -0.0609. The Morgan fingerprint density at radius 3 is 2.76 bits per heavy atom. The highest BCUT2D eigenvalue weighted by Crippen LogP contribution is 2.33. The van der Waals surface area contributed by atoms with Gasteiger partial charge in [0.2, 0.25) is 0 Å². The third-order valence-corrected chi connectivity index (χ3v) is 5.20. The van der Waals surface area contributed by atoms with Crippen molar-refractivity contribution in [1.82, 2.24) is 25.3 Å². The van der Waals surface area contributed by atoms with Gasteiger partial charge in [-0.15, -0.1) is 0 Å². The summed E-state index contributed by atoms with van der Waals surface area (Å²) < 4.78 is 39.3. The maximum atomic E-state index is 14.0. The molecule has 0 aliphatic heterocycles. The molecule has 3 aromatic heterocycles. The number of halogens is 2. The second kappa shape index (κ2) is 9.85. The van der Waals surface area contributed by atoms with Crippen LogP contribution in [0.4, 0.5) is 8.78 Å². The van der Waals surface area contributed by atoms with Crippen molar-refractivity contribution in [2.75, 3.05) is 6.61 Å². The molecule has 3 heterocycles. The summed E-state index contributed by atoms with van der Waals surface area (Å²) in [4.78, 5) is 29.1. The molecule has 1 atom stereocenters. The summed E-state index contributed by atoms with van der Waals surface area (Å²) in [7, 11) is 0. The van der Waals surface area contributed by atoms with Gasteiger partial charge in [0.05, 0.1) is 24.4 Å². The lowest BCUT2D eigenvalue weighted by Crippen LogP contribution is -2.49. The van der Waals surface area contributed by atoms with Crippen LogP contribution in [0.2, 0.25) is 0 Å². The molecule has 1 aliphatic rings. The zero-order valence-electron chi connectivity index (χ0n) is 18.0. The van der Waals surface area contributed by atoms with E-state index in [9.17, 15) is 13.6 Å². The van der Waals surface area contributed by atoms with Gasteiger partial charge in [0, 0.05) is 36.8 Å². The standard InChI is InChI=1S/C23H23F2N5O3/c1-2-32-18-6-5-9-27-22(18)33-17-10-15(11-26-14-17)20-28-12-16(13-29-20)21(31)30-19-7-3-4-8-23(19,24)25/h5-6,9-14,19H,2-4,7-8H2,1H3,(H,30,31)/t19-/m0/s1. The van der Waals surface area contributed by atoms with Crippen LogP contribution < -0.4 is 14.8 Å². The van der Waals surface area contributed by atoms with Crippen LogP contribution in [0.3, 0.4) is 0 Å². The number of alkyl halides is 2. The number of carbonyl (C=O) groups is 1. The molecule has 1 aliphatic carbocycles. The maximum Gasteiger partial charge on any atom is 0.267 e. The summed E-state index contributed by atoms with van der Waals surface area (Å²) in [5, 5.41) is 2.42. The molecule has 0 radical (unpaired) electrons. The lowest BCUT2D eigenvalue weighted by Gasteiger charge is -2.31. The molecule has 0 aromatic carbocycles. The van der Waals surface area contributed by atoms with E-state index in [1.165, 1.54) is 18.6 Å². The fourth-order valence-corrected chi connectivity index (χ4v) is 3.53. The highest BCUT2D eigenvalue weighted by molar-refractivity contribution is 5.94. The number of amides is 1. The first kappa shape index (κ1) is 22.5. The summed E-state index contributed by atoms with van der Waals surface area (Å²) in [6, 6.07) is 3.99. The summed E-state index contributed by atoms with van der Waals surface area (Å²) in [5.41, 5.74) is 0.655. The van der Waals surface area contributed by atoms with Gasteiger partial charge in [0.15, 0.2) is 11.6 Å². The van der Waals surface area contributed by atoms with Gasteiger partial charge in [-0.2, -0.15) is 0 Å². The van der Waals surface area contributed by atoms with E-state index >= 15 is 0 Å². The predicted octanol–water partition coefficient (Wildman–Crippen LogP) is 4.43. The molecule has 10 heteroatoms. The third kappa shape index (κ3) is 5.39. The van der Waals surface area contributed by atoms with Crippen molar-refractivity contribution in [1.29, 1.82) is 0 Å². The summed E-state index contributed by atoms with van der Waals surface area (Å²) >= 11 is 0. The molecule has 4 rings (SSSR count). The van der Waals surface area contributed by atoms with Crippen molar-refractivity contribution in [3.63, 3.8) is 0 Å². The van der Waals surface area contributed by atoms with Crippen LogP contribution in [0.5, 0.6) is 17.4 Å². The number of hydrogen-bond donors (Lipinski definition) is 1. The number of pyridine rings is 2. The number of nitrogens with zero attached hydrogens (tertiary/aromatic N) is 4. The molecule has 1 amide bonds. The second-order valence-corrected chi connectivity index (χ2v) is 7.58. The average Bonchev–Trinajstić information content (AvgIpc) is 2.82. The van der Waals surface area contributed by atoms with Gasteiger partial charge in [0.1, 0.15) is 5.75 Å². The number of ether oxygens (including phenoxy) is 2. The smallest absolute Gasteiger partial charge is 0.267 e. The van der Waals surface area contributed by atoms with Crippen molar-refractivity contribution < 1.29 is 23.0 Å². The molecule has 8 nitrogen and oxygen atoms in total. The minimum atomic E-state index is -2.91. The molecule has 0 spiro atoms. The molecular weight excluding hydrogens is 432 g/mol. The minimum Gasteiger partial charge on any atom is -0.488 e. The third-order valence-electron chi connectivity index (χ3n) is 5.20. The van der Waals surface area contributed by atoms with E-state index in [-0.39, 0.29) is 18.4 Å². The van der Waals surface area contributed by atoms with E-state index in [0.29, 0.717) is 48.2 Å². The molecule has 0 bridgehead atoms. The van der Waals surface area contributed by atoms with Crippen molar-refractivity contribution in [3.8, 4) is 28.8 Å². The average molecular weight is 455 g/mol. The van der Waals surface area contributed by atoms with Crippen LogP contribution in [-0.2, 0) is 0 Å². The van der Waals surface area contributed by atoms with Crippen molar-refractivity contribution >= 4 is 5.91 Å². The number of hydrogen-bond acceptors (Lipinski definition) is 7. The number of rotatable bonds is 7. The fourth-order valence-electron chi connectivity index (χ4n) is 3.53. The molecular formula is C23H23F2N5O3. The van der Waals surface area contributed by atoms with E-state index in [1.54, 1.807) is 30.6 Å². The molecule has 0 unspecified atom stereocenters. The SMILES string of the molecule is CCOc1cccnc1Oc1cncc(-c2ncc(C(=O)N[C@H]3CCCCC3(F)F)cn2)c1. The fraction of sp³-hybridized carbons (Fsp3) is 0.348. The van der Waals surface area contributed by atoms with Gasteiger partial charge in [-0.1, -0.05) is 6.42 Å². The summed E-state index contributed by atoms with van der Waals surface area (Å²) in [6.07, 6.45) is 8.40. The Hall–Kier alpha value is -3.69. The van der Waals surface area contributed by atoms with Gasteiger partial charge in [-0.25, -0.2) is 23.7 Å². The molecule has 0 saturated heterocycles. The first-order chi connectivity index (χ1) is 16.0. The van der Waals surface area contributed by atoms with E-state index in [4.69, 9.17) is 9.47 Å². The van der Waals surface area contributed by atoms with Crippen molar-refractivity contribution in [3.05, 3.63) is 54.7 Å². The van der Waals surface area contributed by atoms with Crippen molar-refractivity contribution in [2.24, 2.45) is 0 Å². The Bertz CT molecular complexity index is 1110. The highest BCUT2D eigenvalue weighted by atomic mass is 19.3. The molecule has 1 N–H and O–H groups in total. The highest BCUT2D eigenvalue weighted by Gasteiger charge is 2.42. The van der Waals surface area contributed by atoms with Crippen LogP contribution in [0.25, 0.3) is 11.4 Å². The van der Waals surface area contributed by atoms with Crippen LogP contribution >= 0.6 is 0 Å². The number of aromatic nitrogens is 4. The first-order valence-electron chi connectivity index (χ1n) is 10.7. The number of carbonyl (C=O) groups excluding carboxylic acids is 1. The number of nitrogens with one attached hydrogen (secondary N) is 1. The second-order valence-electron chi connectivity index (χ2n) is 7.58. The maximum absolute atomic E-state index is 14.0. The Kier molecular flexibility index (Phi) is 6.71. The largest absolute Gasteiger partial charge is 0.488 e. The topological polar surface area (TPSA) is 99.1 Å². The van der Waals surface area contributed by atoms with E-state index in [0.717, 1.165) is 0 Å². The molecule has 33 heavy (non-hydrogen) atoms. The Morgan fingerprint density at radius 1 is 1.18 bits per heavy atom. The zero-order chi connectivity index (χ0) is 23.3. The first-order valence-corrected chi connectivity index (χ1v) is 10.7. The van der Waals surface area contributed by atoms with Crippen LogP contribution in [-0.4, -0.2) is 44.4 Å². The van der Waals surface area contributed by atoms with Gasteiger partial charge >= 0.3 is 0 Å². The minimum absolute atomic E-state index is 0.107. The van der Waals surface area contributed by atoms with Crippen LogP contribution in [0, 0.1) is 0 Å². The lowest BCUT2D eigenvalue weighted by atomic mass is 9.91. The van der Waals surface area contributed by atoms with Crippen LogP contribution in [0.1, 0.15) is 43.0 Å². The monoisotopic (exact) mass is 455 g/mol. The quantitative estimate of drug-likeness (QED) is 0.563. The normalized spacial score (nSPS) is 17.2. The van der Waals surface area contributed by atoms with Gasteiger partial charge in [0.25, 0.3) is 17.7 Å². The van der Waals surface area contributed by atoms with Crippen LogP contribution in [0.15, 0.2) is 49.2 Å². The Labute approximate surface area is 189 Å². The van der Waals surface area contributed by atoms with Crippen molar-refractivity contribution in [2.45, 2.75) is 44.6 Å². The molecule has 1 saturated carbocycles. The van der Waals surface area contributed by atoms with E-state index < -0.39 is 17.9 Å². The van der Waals surface area contributed by atoms with E-state index in [1.807, 2.05) is 6.92 Å². The Balaban J connectivity index is 1.46. The van der Waals surface area contributed by atoms with Gasteiger partial charge in [-0.05, 0) is 38.0 Å².